The molecule has 1 atom stereocenters. The Hall–Kier alpha value is -2.37. The molecule has 2 rings (SSSR count). The average Bonchev–Trinajstić information content (AvgIpc) is 2.52. The van der Waals surface area contributed by atoms with E-state index in [-0.39, 0.29) is 17.2 Å². The number of anilines is 2. The largest absolute Gasteiger partial charge is 0.361 e. The van der Waals surface area contributed by atoms with Gasteiger partial charge in [0, 0.05) is 20.5 Å². The molecule has 1 N–H and O–H groups in total. The molecule has 0 saturated carbocycles. The fourth-order valence-electron chi connectivity index (χ4n) is 3.06. The highest BCUT2D eigenvalue weighted by molar-refractivity contribution is 6.02. The number of hydrogen-bond donors (Lipinski definition) is 1. The maximum Gasteiger partial charge on any atom is 0.249 e. The third-order valence-electron chi connectivity index (χ3n) is 4.39. The van der Waals surface area contributed by atoms with Crippen LogP contribution in [0.25, 0.3) is 0 Å². The Morgan fingerprint density at radius 1 is 1.21 bits per heavy atom. The third-order valence-corrected chi connectivity index (χ3v) is 4.39. The highest BCUT2D eigenvalue weighted by Crippen LogP contribution is 2.39. The van der Waals surface area contributed by atoms with Gasteiger partial charge in [0.1, 0.15) is 6.04 Å². The van der Waals surface area contributed by atoms with Gasteiger partial charge < -0.3 is 9.80 Å². The summed E-state index contributed by atoms with van der Waals surface area (Å²) in [4.78, 5) is 38.4. The van der Waals surface area contributed by atoms with Gasteiger partial charge in [0.2, 0.25) is 18.2 Å². The molecule has 6 nitrogen and oxygen atoms in total. The number of rotatable bonds is 4. The van der Waals surface area contributed by atoms with E-state index >= 15 is 0 Å². The van der Waals surface area contributed by atoms with Crippen LogP contribution in [0, 0.1) is 0 Å². The molecule has 1 heterocycles. The summed E-state index contributed by atoms with van der Waals surface area (Å²) in [5.41, 5.74) is 2.45. The number of nitrogens with one attached hydrogen (secondary N) is 1. The second-order valence-electron chi connectivity index (χ2n) is 7.22. The summed E-state index contributed by atoms with van der Waals surface area (Å²) in [6, 6.07) is 5.39. The molecule has 1 aliphatic rings. The number of para-hydroxylation sites is 1. The van der Waals surface area contributed by atoms with Gasteiger partial charge in [-0.3, -0.25) is 19.7 Å². The molecule has 1 saturated heterocycles. The van der Waals surface area contributed by atoms with E-state index in [4.69, 9.17) is 0 Å². The van der Waals surface area contributed by atoms with Crippen molar-refractivity contribution in [2.45, 2.75) is 45.1 Å². The molecule has 6 heteroatoms. The van der Waals surface area contributed by atoms with Crippen molar-refractivity contribution in [2.75, 3.05) is 23.9 Å². The molecule has 0 aliphatic carbocycles. The van der Waals surface area contributed by atoms with Crippen LogP contribution in [-0.4, -0.2) is 38.4 Å². The van der Waals surface area contributed by atoms with Crippen LogP contribution in [0.2, 0.25) is 0 Å². The van der Waals surface area contributed by atoms with Crippen molar-refractivity contribution in [1.82, 2.24) is 5.32 Å². The Kier molecular flexibility index (Phi) is 4.96. The number of benzene rings is 1. The number of likely N-dealkylation sites (N-methyl/N-ethyl adjacent to an activating group) is 1. The Morgan fingerprint density at radius 3 is 2.42 bits per heavy atom. The lowest BCUT2D eigenvalue weighted by atomic mass is 9.84. The van der Waals surface area contributed by atoms with E-state index in [2.05, 4.69) is 26.1 Å². The molecule has 3 amide bonds. The molecule has 24 heavy (non-hydrogen) atoms. The smallest absolute Gasteiger partial charge is 0.249 e. The Balaban J connectivity index is 2.51. The van der Waals surface area contributed by atoms with Gasteiger partial charge in [-0.25, -0.2) is 0 Å². The topological polar surface area (TPSA) is 69.7 Å². The predicted octanol–water partition coefficient (Wildman–Crippen LogP) is 1.82. The fourth-order valence-corrected chi connectivity index (χ4v) is 3.06. The van der Waals surface area contributed by atoms with E-state index in [9.17, 15) is 14.4 Å². The highest BCUT2D eigenvalue weighted by atomic mass is 16.2. The number of amides is 3. The van der Waals surface area contributed by atoms with Gasteiger partial charge in [-0.1, -0.05) is 32.9 Å². The maximum absolute atomic E-state index is 12.2. The van der Waals surface area contributed by atoms with Crippen LogP contribution in [0.15, 0.2) is 18.2 Å². The Morgan fingerprint density at radius 2 is 1.88 bits per heavy atom. The van der Waals surface area contributed by atoms with Crippen molar-refractivity contribution < 1.29 is 14.4 Å². The summed E-state index contributed by atoms with van der Waals surface area (Å²) in [5, 5.41) is 2.38. The van der Waals surface area contributed by atoms with Crippen molar-refractivity contribution in [2.24, 2.45) is 0 Å². The van der Waals surface area contributed by atoms with Crippen molar-refractivity contribution >= 4 is 29.6 Å². The predicted molar refractivity (Wildman–Crippen MR) is 94.2 cm³/mol. The van der Waals surface area contributed by atoms with Gasteiger partial charge in [-0.05, 0) is 23.5 Å². The van der Waals surface area contributed by atoms with Gasteiger partial charge in [0.25, 0.3) is 0 Å². The monoisotopic (exact) mass is 331 g/mol. The number of imide groups is 1. The molecule has 1 aliphatic heterocycles. The SMILES string of the molecule is CN(C=O)c1c(N(C)C2CCC(=O)NC2=O)cccc1C(C)(C)C. The van der Waals surface area contributed by atoms with E-state index in [0.717, 1.165) is 23.3 Å². The summed E-state index contributed by atoms with van der Waals surface area (Å²) in [7, 11) is 3.53. The number of hydrogen-bond acceptors (Lipinski definition) is 4. The summed E-state index contributed by atoms with van der Waals surface area (Å²) < 4.78 is 0. The number of piperidine rings is 1. The normalized spacial score (nSPS) is 18.1. The molecule has 1 aromatic carbocycles. The van der Waals surface area contributed by atoms with Gasteiger partial charge in [-0.2, -0.15) is 0 Å². The standard InChI is InChI=1S/C18H25N3O3/c1-18(2,3)12-7-6-8-13(16(12)20(4)11-22)21(5)14-9-10-15(23)19-17(14)24/h6-8,11,14H,9-10H2,1-5H3,(H,19,23,24). The molecular formula is C18H25N3O3. The summed E-state index contributed by atoms with van der Waals surface area (Å²) >= 11 is 0. The van der Waals surface area contributed by atoms with Crippen LogP contribution in [0.5, 0.6) is 0 Å². The lowest BCUT2D eigenvalue weighted by molar-refractivity contribution is -0.134. The van der Waals surface area contributed by atoms with Crippen molar-refractivity contribution in [3.63, 3.8) is 0 Å². The third kappa shape index (κ3) is 3.42. The average molecular weight is 331 g/mol. The lowest BCUT2D eigenvalue weighted by Crippen LogP contribution is -2.51. The number of carbonyl (C=O) groups excluding carboxylic acids is 3. The van der Waals surface area contributed by atoms with Crippen LogP contribution >= 0.6 is 0 Å². The van der Waals surface area contributed by atoms with E-state index in [1.54, 1.807) is 7.05 Å². The van der Waals surface area contributed by atoms with Gasteiger partial charge in [0.15, 0.2) is 0 Å². The summed E-state index contributed by atoms with van der Waals surface area (Å²) in [6.07, 6.45) is 1.55. The van der Waals surface area contributed by atoms with Crippen LogP contribution in [0.3, 0.4) is 0 Å². The number of nitrogens with zero attached hydrogens (tertiary/aromatic N) is 2. The minimum Gasteiger partial charge on any atom is -0.361 e. The molecule has 1 fully saturated rings. The quantitative estimate of drug-likeness (QED) is 0.675. The zero-order valence-electron chi connectivity index (χ0n) is 14.9. The van der Waals surface area contributed by atoms with Crippen LogP contribution < -0.4 is 15.1 Å². The zero-order chi connectivity index (χ0) is 18.1. The molecule has 130 valence electrons. The minimum atomic E-state index is -0.434. The maximum atomic E-state index is 12.2. The first-order valence-electron chi connectivity index (χ1n) is 8.05. The molecule has 1 unspecified atom stereocenters. The van der Waals surface area contributed by atoms with E-state index in [1.165, 1.54) is 4.90 Å². The Bertz CT molecular complexity index is 664. The first-order valence-corrected chi connectivity index (χ1v) is 8.05. The van der Waals surface area contributed by atoms with E-state index < -0.39 is 6.04 Å². The minimum absolute atomic E-state index is 0.158. The van der Waals surface area contributed by atoms with Gasteiger partial charge in [0.05, 0.1) is 11.4 Å². The summed E-state index contributed by atoms with van der Waals surface area (Å²) in [6.45, 7) is 6.25. The van der Waals surface area contributed by atoms with Gasteiger partial charge in [-0.15, -0.1) is 0 Å². The zero-order valence-corrected chi connectivity index (χ0v) is 14.9. The second-order valence-corrected chi connectivity index (χ2v) is 7.22. The van der Waals surface area contributed by atoms with E-state index in [0.29, 0.717) is 12.8 Å². The lowest BCUT2D eigenvalue weighted by Gasteiger charge is -2.36. The van der Waals surface area contributed by atoms with Gasteiger partial charge >= 0.3 is 0 Å². The van der Waals surface area contributed by atoms with Crippen LogP contribution in [0.4, 0.5) is 11.4 Å². The first-order chi connectivity index (χ1) is 11.2. The molecule has 1 aromatic rings. The van der Waals surface area contributed by atoms with Crippen molar-refractivity contribution in [3.05, 3.63) is 23.8 Å². The van der Waals surface area contributed by atoms with Crippen molar-refractivity contribution in [1.29, 1.82) is 0 Å². The first kappa shape index (κ1) is 18.0. The molecule has 0 bridgehead atoms. The number of carbonyl (C=O) groups is 3. The highest BCUT2D eigenvalue weighted by Gasteiger charge is 2.32. The molecule has 0 spiro atoms. The fraction of sp³-hybridized carbons (Fsp3) is 0.500. The molecule has 0 aromatic heterocycles. The van der Waals surface area contributed by atoms with Crippen LogP contribution in [-0.2, 0) is 19.8 Å². The summed E-state index contributed by atoms with van der Waals surface area (Å²) in [5.74, 6) is -0.534. The second kappa shape index (κ2) is 6.63. The van der Waals surface area contributed by atoms with Crippen molar-refractivity contribution in [3.8, 4) is 0 Å². The molecule has 0 radical (unpaired) electrons. The van der Waals surface area contributed by atoms with E-state index in [1.807, 2.05) is 30.1 Å². The molecular weight excluding hydrogens is 306 g/mol. The Labute approximate surface area is 142 Å². The van der Waals surface area contributed by atoms with Crippen LogP contribution in [0.1, 0.15) is 39.2 Å².